The van der Waals surface area contributed by atoms with E-state index in [1.54, 1.807) is 6.07 Å². The molecular weight excluding hydrogens is 165 g/mol. The molecule has 1 aromatic carbocycles. The van der Waals surface area contributed by atoms with Crippen LogP contribution in [0, 0.1) is 5.82 Å². The topological polar surface area (TPSA) is 26.0 Å². The van der Waals surface area contributed by atoms with E-state index in [0.717, 1.165) is 18.4 Å². The second-order valence-corrected chi connectivity index (χ2v) is 3.29. The summed E-state index contributed by atoms with van der Waals surface area (Å²) in [4.78, 5) is 0. The molecule has 13 heavy (non-hydrogen) atoms. The lowest BCUT2D eigenvalue weighted by Crippen LogP contribution is -2.01. The highest BCUT2D eigenvalue weighted by atomic mass is 19.1. The van der Waals surface area contributed by atoms with E-state index in [2.05, 4.69) is 13.8 Å². The SMILES string of the molecule is CCC(CC)c1ccc(F)cc1N. The first-order valence-corrected chi connectivity index (χ1v) is 4.74. The smallest absolute Gasteiger partial charge is 0.125 e. The number of halogens is 1. The fraction of sp³-hybridized carbons (Fsp3) is 0.455. The zero-order chi connectivity index (χ0) is 9.84. The van der Waals surface area contributed by atoms with Crippen LogP contribution in [0.15, 0.2) is 18.2 Å². The van der Waals surface area contributed by atoms with Crippen molar-refractivity contribution in [1.29, 1.82) is 0 Å². The summed E-state index contributed by atoms with van der Waals surface area (Å²) in [5.74, 6) is 0.202. The number of nitrogen functional groups attached to an aromatic ring is 1. The van der Waals surface area contributed by atoms with Gasteiger partial charge in [0.15, 0.2) is 0 Å². The first kappa shape index (κ1) is 10.0. The van der Waals surface area contributed by atoms with Crippen molar-refractivity contribution in [3.63, 3.8) is 0 Å². The Labute approximate surface area is 78.8 Å². The molecule has 1 nitrogen and oxygen atoms in total. The predicted octanol–water partition coefficient (Wildman–Crippen LogP) is 3.31. The molecule has 0 saturated carbocycles. The molecule has 2 heteroatoms. The van der Waals surface area contributed by atoms with E-state index < -0.39 is 0 Å². The second kappa shape index (κ2) is 4.26. The van der Waals surface area contributed by atoms with Gasteiger partial charge in [0.1, 0.15) is 5.82 Å². The van der Waals surface area contributed by atoms with Gasteiger partial charge in [-0.15, -0.1) is 0 Å². The molecule has 0 heterocycles. The van der Waals surface area contributed by atoms with Crippen LogP contribution in [0.3, 0.4) is 0 Å². The molecule has 0 aromatic heterocycles. The molecule has 0 saturated heterocycles. The van der Waals surface area contributed by atoms with Crippen molar-refractivity contribution in [2.75, 3.05) is 5.73 Å². The number of anilines is 1. The summed E-state index contributed by atoms with van der Waals surface area (Å²) in [6.07, 6.45) is 2.10. The summed E-state index contributed by atoms with van der Waals surface area (Å²) in [5, 5.41) is 0. The quantitative estimate of drug-likeness (QED) is 0.711. The van der Waals surface area contributed by atoms with Gasteiger partial charge < -0.3 is 5.73 Å². The molecule has 0 bridgehead atoms. The first-order valence-electron chi connectivity index (χ1n) is 4.74. The molecule has 1 aromatic rings. The van der Waals surface area contributed by atoms with Gasteiger partial charge in [-0.3, -0.25) is 0 Å². The van der Waals surface area contributed by atoms with E-state index in [4.69, 9.17) is 5.73 Å². The number of hydrogen-bond donors (Lipinski definition) is 1. The first-order chi connectivity index (χ1) is 6.19. The van der Waals surface area contributed by atoms with Gasteiger partial charge in [0.2, 0.25) is 0 Å². The zero-order valence-electron chi connectivity index (χ0n) is 8.18. The molecular formula is C11H16FN. The summed E-state index contributed by atoms with van der Waals surface area (Å²) in [6.45, 7) is 4.24. The highest BCUT2D eigenvalue weighted by molar-refractivity contribution is 5.48. The van der Waals surface area contributed by atoms with Crippen molar-refractivity contribution >= 4 is 5.69 Å². The summed E-state index contributed by atoms with van der Waals surface area (Å²) in [6, 6.07) is 4.67. The Bertz CT molecular complexity index is 279. The van der Waals surface area contributed by atoms with Crippen molar-refractivity contribution in [2.24, 2.45) is 0 Å². The molecule has 0 aliphatic carbocycles. The van der Waals surface area contributed by atoms with Crippen molar-refractivity contribution in [3.8, 4) is 0 Å². The van der Waals surface area contributed by atoms with Gasteiger partial charge in [0.05, 0.1) is 0 Å². The van der Waals surface area contributed by atoms with Crippen LogP contribution in [-0.4, -0.2) is 0 Å². The Morgan fingerprint density at radius 1 is 1.31 bits per heavy atom. The van der Waals surface area contributed by atoms with Crippen LogP contribution >= 0.6 is 0 Å². The molecule has 0 atom stereocenters. The summed E-state index contributed by atoms with van der Waals surface area (Å²) < 4.78 is 12.7. The molecule has 0 unspecified atom stereocenters. The van der Waals surface area contributed by atoms with Crippen LogP contribution in [0.25, 0.3) is 0 Å². The third-order valence-corrected chi connectivity index (χ3v) is 2.47. The molecule has 0 amide bonds. The minimum atomic E-state index is -0.257. The van der Waals surface area contributed by atoms with Gasteiger partial charge >= 0.3 is 0 Å². The van der Waals surface area contributed by atoms with Crippen molar-refractivity contribution in [2.45, 2.75) is 32.6 Å². The van der Waals surface area contributed by atoms with E-state index in [1.807, 2.05) is 0 Å². The van der Waals surface area contributed by atoms with Gasteiger partial charge in [-0.25, -0.2) is 4.39 Å². The number of nitrogens with two attached hydrogens (primary N) is 1. The minimum Gasteiger partial charge on any atom is -0.398 e. The van der Waals surface area contributed by atoms with Crippen LogP contribution in [-0.2, 0) is 0 Å². The highest BCUT2D eigenvalue weighted by Gasteiger charge is 2.10. The maximum atomic E-state index is 12.7. The Hall–Kier alpha value is -1.05. The van der Waals surface area contributed by atoms with E-state index in [-0.39, 0.29) is 5.82 Å². The molecule has 0 aliphatic heterocycles. The Morgan fingerprint density at radius 3 is 2.38 bits per heavy atom. The molecule has 0 aliphatic rings. The van der Waals surface area contributed by atoms with Crippen LogP contribution < -0.4 is 5.73 Å². The van der Waals surface area contributed by atoms with Gasteiger partial charge in [-0.2, -0.15) is 0 Å². The summed E-state index contributed by atoms with van der Waals surface area (Å²) >= 11 is 0. The maximum Gasteiger partial charge on any atom is 0.125 e. The Morgan fingerprint density at radius 2 is 1.92 bits per heavy atom. The highest BCUT2D eigenvalue weighted by Crippen LogP contribution is 2.28. The molecule has 0 fully saturated rings. The Kier molecular flexibility index (Phi) is 3.29. The number of benzene rings is 1. The summed E-state index contributed by atoms with van der Waals surface area (Å²) in [5.41, 5.74) is 7.39. The largest absolute Gasteiger partial charge is 0.398 e. The van der Waals surface area contributed by atoms with Gasteiger partial charge in [-0.1, -0.05) is 19.9 Å². The van der Waals surface area contributed by atoms with Gasteiger partial charge in [-0.05, 0) is 36.5 Å². The van der Waals surface area contributed by atoms with Crippen LogP contribution in [0.2, 0.25) is 0 Å². The number of hydrogen-bond acceptors (Lipinski definition) is 1. The lowest BCUT2D eigenvalue weighted by atomic mass is 9.93. The minimum absolute atomic E-state index is 0.257. The number of rotatable bonds is 3. The van der Waals surface area contributed by atoms with Gasteiger partial charge in [0, 0.05) is 5.69 Å². The Balaban J connectivity index is 2.99. The van der Waals surface area contributed by atoms with Crippen molar-refractivity contribution in [3.05, 3.63) is 29.6 Å². The van der Waals surface area contributed by atoms with Crippen LogP contribution in [0.5, 0.6) is 0 Å². The molecule has 0 radical (unpaired) electrons. The van der Waals surface area contributed by atoms with Gasteiger partial charge in [0.25, 0.3) is 0 Å². The normalized spacial score (nSPS) is 10.8. The second-order valence-electron chi connectivity index (χ2n) is 3.29. The molecule has 2 N–H and O–H groups in total. The standard InChI is InChI=1S/C11H16FN/c1-3-8(4-2)10-6-5-9(12)7-11(10)13/h5-8H,3-4,13H2,1-2H3. The predicted molar refractivity (Wildman–Crippen MR) is 54.1 cm³/mol. The van der Waals surface area contributed by atoms with Crippen LogP contribution in [0.4, 0.5) is 10.1 Å². The zero-order valence-corrected chi connectivity index (χ0v) is 8.18. The lowest BCUT2D eigenvalue weighted by molar-refractivity contribution is 0.618. The third kappa shape index (κ3) is 2.20. The van der Waals surface area contributed by atoms with E-state index in [0.29, 0.717) is 11.6 Å². The monoisotopic (exact) mass is 181 g/mol. The average molecular weight is 181 g/mol. The molecule has 72 valence electrons. The summed E-state index contributed by atoms with van der Waals surface area (Å²) in [7, 11) is 0. The van der Waals surface area contributed by atoms with Crippen LogP contribution in [0.1, 0.15) is 38.2 Å². The molecule has 1 rings (SSSR count). The van der Waals surface area contributed by atoms with E-state index >= 15 is 0 Å². The fourth-order valence-electron chi connectivity index (χ4n) is 1.65. The molecule has 0 spiro atoms. The van der Waals surface area contributed by atoms with E-state index in [9.17, 15) is 4.39 Å². The van der Waals surface area contributed by atoms with Crippen molar-refractivity contribution in [1.82, 2.24) is 0 Å². The van der Waals surface area contributed by atoms with Crippen molar-refractivity contribution < 1.29 is 4.39 Å². The fourth-order valence-corrected chi connectivity index (χ4v) is 1.65. The third-order valence-electron chi connectivity index (χ3n) is 2.47. The maximum absolute atomic E-state index is 12.7. The average Bonchev–Trinajstić information content (AvgIpc) is 2.10. The van der Waals surface area contributed by atoms with E-state index in [1.165, 1.54) is 12.1 Å². The lowest BCUT2D eigenvalue weighted by Gasteiger charge is -2.14.